The van der Waals surface area contributed by atoms with Crippen LogP contribution in [0.4, 0.5) is 0 Å². The summed E-state index contributed by atoms with van der Waals surface area (Å²) in [5.74, 6) is 2.01. The van der Waals surface area contributed by atoms with Gasteiger partial charge in [0.15, 0.2) is 11.5 Å². The first-order valence-electron chi connectivity index (χ1n) is 8.35. The Morgan fingerprint density at radius 1 is 0.920 bits per heavy atom. The lowest BCUT2D eigenvalue weighted by Gasteiger charge is -2.23. The molecule has 4 nitrogen and oxygen atoms in total. The van der Waals surface area contributed by atoms with Crippen molar-refractivity contribution in [2.75, 3.05) is 20.3 Å². The summed E-state index contributed by atoms with van der Waals surface area (Å²) in [5.41, 5.74) is 2.87. The number of benzene rings is 2. The van der Waals surface area contributed by atoms with Gasteiger partial charge in [0.25, 0.3) is 0 Å². The van der Waals surface area contributed by atoms with Crippen molar-refractivity contribution < 1.29 is 19.0 Å². The smallest absolute Gasteiger partial charge is 0.162 e. The molecule has 0 N–H and O–H groups in total. The van der Waals surface area contributed by atoms with Gasteiger partial charge < -0.3 is 14.2 Å². The Labute approximate surface area is 149 Å². The lowest BCUT2D eigenvalue weighted by atomic mass is 9.86. The van der Waals surface area contributed by atoms with Crippen LogP contribution < -0.4 is 14.2 Å². The summed E-state index contributed by atoms with van der Waals surface area (Å²) in [6.45, 7) is 9.30. The first kappa shape index (κ1) is 18.8. The molecule has 0 heterocycles. The Balaban J connectivity index is 2.03. The molecule has 0 radical (unpaired) electrons. The van der Waals surface area contributed by atoms with Crippen molar-refractivity contribution in [1.29, 1.82) is 0 Å². The van der Waals surface area contributed by atoms with Crippen LogP contribution in [-0.4, -0.2) is 26.6 Å². The van der Waals surface area contributed by atoms with Crippen molar-refractivity contribution in [1.82, 2.24) is 0 Å². The molecule has 0 aliphatic rings. The Morgan fingerprint density at radius 2 is 1.60 bits per heavy atom. The van der Waals surface area contributed by atoms with Gasteiger partial charge in [-0.15, -0.1) is 0 Å². The second kappa shape index (κ2) is 8.06. The zero-order valence-corrected chi connectivity index (χ0v) is 15.6. The van der Waals surface area contributed by atoms with Crippen LogP contribution in [0.3, 0.4) is 0 Å². The van der Waals surface area contributed by atoms with Gasteiger partial charge in [0.05, 0.1) is 7.11 Å². The molecule has 0 spiro atoms. The molecular formula is C21H26O4. The maximum Gasteiger partial charge on any atom is 0.162 e. The topological polar surface area (TPSA) is 44.8 Å². The van der Waals surface area contributed by atoms with Crippen LogP contribution in [0.2, 0.25) is 0 Å². The number of hydrogen-bond acceptors (Lipinski definition) is 4. The van der Waals surface area contributed by atoms with Crippen molar-refractivity contribution in [3.63, 3.8) is 0 Å². The molecule has 0 saturated carbocycles. The van der Waals surface area contributed by atoms with Gasteiger partial charge in [-0.2, -0.15) is 0 Å². The van der Waals surface area contributed by atoms with Gasteiger partial charge in [-0.25, -0.2) is 0 Å². The minimum Gasteiger partial charge on any atom is -0.493 e. The molecule has 2 aromatic rings. The van der Waals surface area contributed by atoms with Gasteiger partial charge in [0.1, 0.15) is 25.2 Å². The Kier molecular flexibility index (Phi) is 6.07. The lowest BCUT2D eigenvalue weighted by Crippen LogP contribution is -2.16. The van der Waals surface area contributed by atoms with Crippen LogP contribution >= 0.6 is 0 Å². The molecule has 0 aromatic heterocycles. The van der Waals surface area contributed by atoms with E-state index in [0.29, 0.717) is 30.3 Å². The van der Waals surface area contributed by atoms with E-state index >= 15 is 0 Å². The average Bonchev–Trinajstić information content (AvgIpc) is 2.57. The van der Waals surface area contributed by atoms with E-state index in [1.807, 2.05) is 13.0 Å². The highest BCUT2D eigenvalue weighted by Crippen LogP contribution is 2.32. The second-order valence-corrected chi connectivity index (χ2v) is 6.97. The SMILES string of the molecule is COc1ccc(C=O)cc1OCCOc1cc(C)ccc1C(C)(C)C. The fraction of sp³-hybridized carbons (Fsp3) is 0.381. The highest BCUT2D eigenvalue weighted by Gasteiger charge is 2.19. The summed E-state index contributed by atoms with van der Waals surface area (Å²) in [6.07, 6.45) is 0.783. The van der Waals surface area contributed by atoms with Gasteiger partial charge in [-0.1, -0.05) is 32.9 Å². The van der Waals surface area contributed by atoms with Crippen LogP contribution in [0.15, 0.2) is 36.4 Å². The maximum atomic E-state index is 10.9. The van der Waals surface area contributed by atoms with Gasteiger partial charge in [0.2, 0.25) is 0 Å². The van der Waals surface area contributed by atoms with E-state index in [4.69, 9.17) is 14.2 Å². The van der Waals surface area contributed by atoms with Crippen molar-refractivity contribution in [2.24, 2.45) is 0 Å². The largest absolute Gasteiger partial charge is 0.493 e. The maximum absolute atomic E-state index is 10.9. The molecule has 2 aromatic carbocycles. The molecule has 0 unspecified atom stereocenters. The molecule has 0 bridgehead atoms. The Hall–Kier alpha value is -2.49. The molecule has 134 valence electrons. The normalized spacial score (nSPS) is 11.1. The quantitative estimate of drug-likeness (QED) is 0.546. The third kappa shape index (κ3) is 4.99. The van der Waals surface area contributed by atoms with Gasteiger partial charge in [0, 0.05) is 5.56 Å². The molecule has 0 atom stereocenters. The molecule has 0 saturated heterocycles. The number of aldehydes is 1. The number of rotatable bonds is 7. The van der Waals surface area contributed by atoms with Crippen molar-refractivity contribution in [3.05, 3.63) is 53.1 Å². The Bertz CT molecular complexity index is 729. The predicted molar refractivity (Wildman–Crippen MR) is 99.3 cm³/mol. The summed E-state index contributed by atoms with van der Waals surface area (Å²) in [7, 11) is 1.57. The number of aryl methyl sites for hydroxylation is 1. The Morgan fingerprint density at radius 3 is 2.20 bits per heavy atom. The zero-order valence-electron chi connectivity index (χ0n) is 15.6. The highest BCUT2D eigenvalue weighted by atomic mass is 16.5. The average molecular weight is 342 g/mol. The molecule has 0 aliphatic carbocycles. The summed E-state index contributed by atoms with van der Waals surface area (Å²) >= 11 is 0. The molecule has 4 heteroatoms. The van der Waals surface area contributed by atoms with Crippen LogP contribution in [0.5, 0.6) is 17.2 Å². The summed E-state index contributed by atoms with van der Waals surface area (Å²) in [6, 6.07) is 11.3. The molecule has 2 rings (SSSR count). The number of hydrogen-bond donors (Lipinski definition) is 0. The third-order valence-corrected chi connectivity index (χ3v) is 3.87. The van der Waals surface area contributed by atoms with E-state index in [0.717, 1.165) is 17.6 Å². The summed E-state index contributed by atoms with van der Waals surface area (Å²) in [5, 5.41) is 0. The zero-order chi connectivity index (χ0) is 18.4. The standard InChI is InChI=1S/C21H26O4/c1-15-6-8-17(21(2,3)4)19(12-15)24-10-11-25-20-13-16(14-22)7-9-18(20)23-5/h6-9,12-14H,10-11H2,1-5H3. The fourth-order valence-corrected chi connectivity index (χ4v) is 2.55. The van der Waals surface area contributed by atoms with E-state index in [1.165, 1.54) is 5.56 Å². The van der Waals surface area contributed by atoms with Crippen LogP contribution in [0.1, 0.15) is 42.3 Å². The summed E-state index contributed by atoms with van der Waals surface area (Å²) in [4.78, 5) is 10.9. The van der Waals surface area contributed by atoms with Crippen molar-refractivity contribution in [3.8, 4) is 17.2 Å². The first-order valence-corrected chi connectivity index (χ1v) is 8.35. The van der Waals surface area contributed by atoms with E-state index in [2.05, 4.69) is 32.9 Å². The van der Waals surface area contributed by atoms with E-state index in [9.17, 15) is 4.79 Å². The number of carbonyl (C=O) groups excluding carboxylic acids is 1. The summed E-state index contributed by atoms with van der Waals surface area (Å²) < 4.78 is 17.0. The fourth-order valence-electron chi connectivity index (χ4n) is 2.55. The molecule has 0 fully saturated rings. The van der Waals surface area contributed by atoms with E-state index < -0.39 is 0 Å². The number of carbonyl (C=O) groups is 1. The third-order valence-electron chi connectivity index (χ3n) is 3.87. The van der Waals surface area contributed by atoms with Crippen molar-refractivity contribution in [2.45, 2.75) is 33.1 Å². The predicted octanol–water partition coefficient (Wildman–Crippen LogP) is 4.57. The van der Waals surface area contributed by atoms with Gasteiger partial charge in [-0.05, 0) is 47.7 Å². The van der Waals surface area contributed by atoms with E-state index in [1.54, 1.807) is 25.3 Å². The van der Waals surface area contributed by atoms with Crippen LogP contribution in [0.25, 0.3) is 0 Å². The van der Waals surface area contributed by atoms with Crippen LogP contribution in [-0.2, 0) is 5.41 Å². The molecule has 25 heavy (non-hydrogen) atoms. The van der Waals surface area contributed by atoms with E-state index in [-0.39, 0.29) is 5.41 Å². The number of methoxy groups -OCH3 is 1. The molecule has 0 aliphatic heterocycles. The second-order valence-electron chi connectivity index (χ2n) is 6.97. The van der Waals surface area contributed by atoms with Gasteiger partial charge >= 0.3 is 0 Å². The highest BCUT2D eigenvalue weighted by molar-refractivity contribution is 5.76. The minimum absolute atomic E-state index is 0.00536. The first-order chi connectivity index (χ1) is 11.8. The van der Waals surface area contributed by atoms with Crippen LogP contribution in [0, 0.1) is 6.92 Å². The lowest BCUT2D eigenvalue weighted by molar-refractivity contribution is 0.112. The van der Waals surface area contributed by atoms with Gasteiger partial charge in [-0.3, -0.25) is 4.79 Å². The molecular weight excluding hydrogens is 316 g/mol. The number of ether oxygens (including phenoxy) is 3. The van der Waals surface area contributed by atoms with Crippen molar-refractivity contribution >= 4 is 6.29 Å². The minimum atomic E-state index is 0.00536. The monoisotopic (exact) mass is 342 g/mol. The molecule has 0 amide bonds.